The van der Waals surface area contributed by atoms with Crippen molar-refractivity contribution in [1.82, 2.24) is 14.6 Å². The first kappa shape index (κ1) is 15.6. The van der Waals surface area contributed by atoms with Crippen LogP contribution in [0, 0.1) is 13.8 Å². The average Bonchev–Trinajstić information content (AvgIpc) is 2.93. The molecule has 0 radical (unpaired) electrons. The van der Waals surface area contributed by atoms with Gasteiger partial charge in [-0.1, -0.05) is 35.5 Å². The van der Waals surface area contributed by atoms with Gasteiger partial charge in [0.1, 0.15) is 0 Å². The maximum atomic E-state index is 12.4. The minimum Gasteiger partial charge on any atom is -0.325 e. The van der Waals surface area contributed by atoms with E-state index in [-0.39, 0.29) is 11.2 Å². The average molecular weight is 326 g/mol. The smallest absolute Gasteiger partial charge is 0.237 e. The minimum atomic E-state index is -0.275. The van der Waals surface area contributed by atoms with Crippen molar-refractivity contribution in [3.05, 3.63) is 53.7 Å². The van der Waals surface area contributed by atoms with Gasteiger partial charge in [-0.25, -0.2) is 0 Å². The number of hydrogen-bond acceptors (Lipinski definition) is 4. The Kier molecular flexibility index (Phi) is 4.34. The molecule has 0 aliphatic carbocycles. The third-order valence-corrected chi connectivity index (χ3v) is 4.63. The van der Waals surface area contributed by atoms with Gasteiger partial charge in [-0.2, -0.15) is 0 Å². The number of fused-ring (bicyclic) bond motifs is 1. The SMILES string of the molecule is Cc1ccc(NC(=O)[C@H](C)Sc2nnc3ccccn23)c(C)c1. The van der Waals surface area contributed by atoms with Crippen molar-refractivity contribution < 1.29 is 4.79 Å². The fraction of sp³-hybridized carbons (Fsp3) is 0.235. The lowest BCUT2D eigenvalue weighted by Gasteiger charge is -2.13. The molecule has 0 aliphatic heterocycles. The molecule has 1 N–H and O–H groups in total. The summed E-state index contributed by atoms with van der Waals surface area (Å²) in [5, 5.41) is 11.7. The zero-order chi connectivity index (χ0) is 16.4. The first-order chi connectivity index (χ1) is 11.0. The maximum absolute atomic E-state index is 12.4. The van der Waals surface area contributed by atoms with Crippen molar-refractivity contribution >= 4 is 29.0 Å². The number of anilines is 1. The molecule has 1 atom stereocenters. The Labute approximate surface area is 139 Å². The number of nitrogens with zero attached hydrogens (tertiary/aromatic N) is 3. The first-order valence-electron chi connectivity index (χ1n) is 7.39. The van der Waals surface area contributed by atoms with Crippen LogP contribution in [0.1, 0.15) is 18.1 Å². The fourth-order valence-corrected chi connectivity index (χ4v) is 3.14. The third kappa shape index (κ3) is 3.37. The molecule has 0 saturated carbocycles. The van der Waals surface area contributed by atoms with Crippen LogP contribution in [0.3, 0.4) is 0 Å². The fourth-order valence-electron chi connectivity index (χ4n) is 2.30. The van der Waals surface area contributed by atoms with Crippen molar-refractivity contribution in [2.75, 3.05) is 5.32 Å². The Morgan fingerprint density at radius 1 is 1.22 bits per heavy atom. The maximum Gasteiger partial charge on any atom is 0.237 e. The van der Waals surface area contributed by atoms with E-state index in [1.807, 2.05) is 61.7 Å². The van der Waals surface area contributed by atoms with E-state index in [4.69, 9.17) is 0 Å². The van der Waals surface area contributed by atoms with Gasteiger partial charge in [0.25, 0.3) is 0 Å². The summed E-state index contributed by atoms with van der Waals surface area (Å²) < 4.78 is 1.88. The van der Waals surface area contributed by atoms with Crippen molar-refractivity contribution in [3.8, 4) is 0 Å². The Morgan fingerprint density at radius 2 is 2.04 bits per heavy atom. The second kappa shape index (κ2) is 6.42. The summed E-state index contributed by atoms with van der Waals surface area (Å²) in [6.45, 7) is 5.90. The summed E-state index contributed by atoms with van der Waals surface area (Å²) >= 11 is 1.39. The highest BCUT2D eigenvalue weighted by atomic mass is 32.2. The van der Waals surface area contributed by atoms with Crippen molar-refractivity contribution in [1.29, 1.82) is 0 Å². The van der Waals surface area contributed by atoms with Crippen LogP contribution in [-0.4, -0.2) is 25.8 Å². The molecule has 0 fully saturated rings. The molecular weight excluding hydrogens is 308 g/mol. The van der Waals surface area contributed by atoms with Crippen LogP contribution in [0.15, 0.2) is 47.8 Å². The second-order valence-electron chi connectivity index (χ2n) is 5.48. The number of pyridine rings is 1. The van der Waals surface area contributed by atoms with E-state index in [0.29, 0.717) is 5.16 Å². The minimum absolute atomic E-state index is 0.0466. The van der Waals surface area contributed by atoms with E-state index < -0.39 is 0 Å². The Hall–Kier alpha value is -2.34. The number of hydrogen-bond donors (Lipinski definition) is 1. The van der Waals surface area contributed by atoms with Crippen LogP contribution in [0.25, 0.3) is 5.65 Å². The molecule has 6 heteroatoms. The van der Waals surface area contributed by atoms with Gasteiger partial charge in [-0.05, 0) is 44.5 Å². The summed E-state index contributed by atoms with van der Waals surface area (Å²) in [6, 6.07) is 11.7. The summed E-state index contributed by atoms with van der Waals surface area (Å²) in [4.78, 5) is 12.4. The quantitative estimate of drug-likeness (QED) is 0.746. The number of thioether (sulfide) groups is 1. The van der Waals surface area contributed by atoms with Crippen LogP contribution in [0.5, 0.6) is 0 Å². The van der Waals surface area contributed by atoms with Crippen LogP contribution in [0.2, 0.25) is 0 Å². The number of benzene rings is 1. The molecular formula is C17H18N4OS. The number of carbonyl (C=O) groups is 1. The van der Waals surface area contributed by atoms with Crippen LogP contribution in [-0.2, 0) is 4.79 Å². The highest BCUT2D eigenvalue weighted by molar-refractivity contribution is 8.00. The van der Waals surface area contributed by atoms with Gasteiger partial charge in [0.2, 0.25) is 5.91 Å². The van der Waals surface area contributed by atoms with Crippen molar-refractivity contribution in [2.24, 2.45) is 0 Å². The van der Waals surface area contributed by atoms with E-state index in [1.54, 1.807) is 0 Å². The van der Waals surface area contributed by atoms with Gasteiger partial charge in [0.05, 0.1) is 5.25 Å². The highest BCUT2D eigenvalue weighted by Crippen LogP contribution is 2.24. The zero-order valence-corrected chi connectivity index (χ0v) is 14.1. The summed E-state index contributed by atoms with van der Waals surface area (Å²) in [6.07, 6.45) is 1.90. The predicted octanol–water partition coefficient (Wildman–Crippen LogP) is 3.47. The van der Waals surface area contributed by atoms with E-state index in [2.05, 4.69) is 21.6 Å². The molecule has 1 amide bonds. The molecule has 0 unspecified atom stereocenters. The number of nitrogens with one attached hydrogen (secondary N) is 1. The van der Waals surface area contributed by atoms with E-state index in [1.165, 1.54) is 17.3 Å². The van der Waals surface area contributed by atoms with Crippen LogP contribution in [0.4, 0.5) is 5.69 Å². The van der Waals surface area contributed by atoms with Gasteiger partial charge in [-0.15, -0.1) is 10.2 Å². The zero-order valence-electron chi connectivity index (χ0n) is 13.3. The van der Waals surface area contributed by atoms with Crippen LogP contribution >= 0.6 is 11.8 Å². The molecule has 0 saturated heterocycles. The van der Waals surface area contributed by atoms with Crippen LogP contribution < -0.4 is 5.32 Å². The second-order valence-corrected chi connectivity index (χ2v) is 6.79. The number of rotatable bonds is 4. The Bertz CT molecular complexity index is 859. The van der Waals surface area contributed by atoms with Gasteiger partial charge in [0.15, 0.2) is 10.8 Å². The molecule has 118 valence electrons. The third-order valence-electron chi connectivity index (χ3n) is 3.57. The standard InChI is InChI=1S/C17H18N4OS/c1-11-7-8-14(12(2)10-11)18-16(22)13(3)23-17-20-19-15-6-4-5-9-21(15)17/h4-10,13H,1-3H3,(H,18,22)/t13-/m0/s1. The van der Waals surface area contributed by atoms with Crippen molar-refractivity contribution in [3.63, 3.8) is 0 Å². The number of carbonyl (C=O) groups excluding carboxylic acids is 1. The molecule has 23 heavy (non-hydrogen) atoms. The van der Waals surface area contributed by atoms with Gasteiger partial charge in [0, 0.05) is 11.9 Å². The molecule has 0 bridgehead atoms. The number of amides is 1. The summed E-state index contributed by atoms with van der Waals surface area (Å²) in [5.41, 5.74) is 3.86. The Morgan fingerprint density at radius 3 is 2.83 bits per heavy atom. The summed E-state index contributed by atoms with van der Waals surface area (Å²) in [5.74, 6) is -0.0466. The molecule has 3 aromatic rings. The van der Waals surface area contributed by atoms with Gasteiger partial charge < -0.3 is 5.32 Å². The molecule has 2 aromatic heterocycles. The monoisotopic (exact) mass is 326 g/mol. The molecule has 2 heterocycles. The Balaban J connectivity index is 1.72. The lowest BCUT2D eigenvalue weighted by Crippen LogP contribution is -2.23. The normalized spacial score (nSPS) is 12.3. The topological polar surface area (TPSA) is 59.3 Å². The lowest BCUT2D eigenvalue weighted by molar-refractivity contribution is -0.115. The van der Waals surface area contributed by atoms with Gasteiger partial charge in [-0.3, -0.25) is 9.20 Å². The lowest BCUT2D eigenvalue weighted by atomic mass is 10.1. The molecule has 0 spiro atoms. The van der Waals surface area contributed by atoms with E-state index >= 15 is 0 Å². The highest BCUT2D eigenvalue weighted by Gasteiger charge is 2.18. The number of aryl methyl sites for hydroxylation is 2. The number of aromatic nitrogens is 3. The first-order valence-corrected chi connectivity index (χ1v) is 8.27. The van der Waals surface area contributed by atoms with Crippen molar-refractivity contribution in [2.45, 2.75) is 31.2 Å². The predicted molar refractivity (Wildman–Crippen MR) is 92.9 cm³/mol. The molecule has 3 rings (SSSR count). The summed E-state index contributed by atoms with van der Waals surface area (Å²) in [7, 11) is 0. The van der Waals surface area contributed by atoms with Gasteiger partial charge >= 0.3 is 0 Å². The largest absolute Gasteiger partial charge is 0.325 e. The van der Waals surface area contributed by atoms with E-state index in [0.717, 1.165) is 16.9 Å². The molecule has 1 aromatic carbocycles. The molecule has 0 aliphatic rings. The van der Waals surface area contributed by atoms with E-state index in [9.17, 15) is 4.79 Å². The molecule has 5 nitrogen and oxygen atoms in total.